The van der Waals surface area contributed by atoms with Gasteiger partial charge in [0, 0.05) is 16.6 Å². The Morgan fingerprint density at radius 1 is 1.42 bits per heavy atom. The van der Waals surface area contributed by atoms with Crippen molar-refractivity contribution in [2.24, 2.45) is 5.41 Å². The van der Waals surface area contributed by atoms with Crippen molar-refractivity contribution < 1.29 is 14.7 Å². The van der Waals surface area contributed by atoms with E-state index in [0.29, 0.717) is 12.0 Å². The fraction of sp³-hybridized carbons (Fsp3) is 0.429. The summed E-state index contributed by atoms with van der Waals surface area (Å²) in [7, 11) is 0. The third-order valence-electron chi connectivity index (χ3n) is 3.36. The number of carbonyl (C=O) groups excluding carboxylic acids is 1. The number of rotatable bonds is 5. The Labute approximate surface area is 121 Å². The molecule has 0 radical (unpaired) electrons. The lowest BCUT2D eigenvalue weighted by molar-refractivity contribution is -0.147. The molecular weight excluding hydrogens is 310 g/mol. The number of carboxylic acid groups (broad SMARTS) is 1. The summed E-state index contributed by atoms with van der Waals surface area (Å²) in [4.78, 5) is 23.1. The van der Waals surface area contributed by atoms with Crippen molar-refractivity contribution in [1.82, 2.24) is 5.32 Å². The number of benzene rings is 1. The fourth-order valence-corrected chi connectivity index (χ4v) is 1.76. The molecule has 104 valence electrons. The van der Waals surface area contributed by atoms with Gasteiger partial charge in [0.25, 0.3) is 5.91 Å². The van der Waals surface area contributed by atoms with E-state index in [2.05, 4.69) is 21.2 Å². The van der Waals surface area contributed by atoms with E-state index >= 15 is 0 Å². The Morgan fingerprint density at radius 3 is 2.53 bits per heavy atom. The van der Waals surface area contributed by atoms with Gasteiger partial charge in [-0.1, -0.05) is 22.9 Å². The van der Waals surface area contributed by atoms with Gasteiger partial charge in [-0.2, -0.15) is 0 Å². The average molecular weight is 328 g/mol. The highest BCUT2D eigenvalue weighted by molar-refractivity contribution is 9.10. The van der Waals surface area contributed by atoms with Crippen LogP contribution in [0, 0.1) is 12.3 Å². The molecule has 0 aromatic heterocycles. The van der Waals surface area contributed by atoms with Crippen LogP contribution in [0.15, 0.2) is 22.7 Å². The summed E-state index contributed by atoms with van der Waals surface area (Å²) in [5.41, 5.74) is 0.564. The zero-order valence-corrected chi connectivity index (χ0v) is 12.9. The summed E-state index contributed by atoms with van der Waals surface area (Å²) in [5, 5.41) is 11.8. The first-order valence-corrected chi connectivity index (χ1v) is 6.87. The minimum absolute atomic E-state index is 0.118. The maximum absolute atomic E-state index is 12.0. The highest BCUT2D eigenvalue weighted by Gasteiger charge is 2.31. The Hall–Kier alpha value is -1.36. The molecule has 5 heteroatoms. The zero-order valence-electron chi connectivity index (χ0n) is 11.3. The molecule has 0 aliphatic carbocycles. The number of aliphatic carboxylic acids is 1. The number of amides is 1. The van der Waals surface area contributed by atoms with Gasteiger partial charge in [-0.3, -0.25) is 9.59 Å². The Morgan fingerprint density at radius 2 is 2.05 bits per heavy atom. The quantitative estimate of drug-likeness (QED) is 0.873. The number of hydrogen-bond acceptors (Lipinski definition) is 2. The molecular formula is C14H18BrNO3. The maximum atomic E-state index is 12.0. The summed E-state index contributed by atoms with van der Waals surface area (Å²) in [6, 6.07) is 5.28. The van der Waals surface area contributed by atoms with Crippen LogP contribution >= 0.6 is 15.9 Å². The molecule has 1 atom stereocenters. The normalized spacial score (nSPS) is 13.7. The van der Waals surface area contributed by atoms with E-state index in [9.17, 15) is 9.59 Å². The van der Waals surface area contributed by atoms with Crippen molar-refractivity contribution >= 4 is 27.8 Å². The van der Waals surface area contributed by atoms with E-state index in [0.717, 1.165) is 10.0 Å². The molecule has 2 N–H and O–H groups in total. The summed E-state index contributed by atoms with van der Waals surface area (Å²) >= 11 is 3.37. The molecule has 1 rings (SSSR count). The van der Waals surface area contributed by atoms with Gasteiger partial charge in [-0.15, -0.1) is 0 Å². The molecule has 0 saturated heterocycles. The third-order valence-corrected chi connectivity index (χ3v) is 4.25. The lowest BCUT2D eigenvalue weighted by atomic mass is 9.87. The van der Waals surface area contributed by atoms with E-state index in [1.807, 2.05) is 6.92 Å². The monoisotopic (exact) mass is 327 g/mol. The van der Waals surface area contributed by atoms with Crippen LogP contribution in [-0.4, -0.2) is 23.5 Å². The van der Waals surface area contributed by atoms with Gasteiger partial charge in [0.1, 0.15) is 0 Å². The summed E-state index contributed by atoms with van der Waals surface area (Å²) < 4.78 is 0.938. The second-order valence-electron chi connectivity index (χ2n) is 4.87. The third kappa shape index (κ3) is 3.80. The molecule has 1 aromatic rings. The predicted molar refractivity (Wildman–Crippen MR) is 77.2 cm³/mol. The molecule has 0 saturated carbocycles. The summed E-state index contributed by atoms with van der Waals surface area (Å²) in [6.07, 6.45) is 0.460. The topological polar surface area (TPSA) is 66.4 Å². The van der Waals surface area contributed by atoms with Gasteiger partial charge >= 0.3 is 5.97 Å². The van der Waals surface area contributed by atoms with Crippen LogP contribution in [0.1, 0.15) is 36.2 Å². The first kappa shape index (κ1) is 15.7. The van der Waals surface area contributed by atoms with Crippen molar-refractivity contribution in [3.63, 3.8) is 0 Å². The molecule has 1 amide bonds. The van der Waals surface area contributed by atoms with Gasteiger partial charge < -0.3 is 10.4 Å². The second-order valence-corrected chi connectivity index (χ2v) is 5.72. The van der Waals surface area contributed by atoms with Crippen LogP contribution < -0.4 is 5.32 Å². The molecule has 0 spiro atoms. The molecule has 1 unspecified atom stereocenters. The van der Waals surface area contributed by atoms with Gasteiger partial charge in [0.2, 0.25) is 0 Å². The van der Waals surface area contributed by atoms with Crippen LogP contribution in [0.25, 0.3) is 0 Å². The molecule has 1 aromatic carbocycles. The first-order valence-electron chi connectivity index (χ1n) is 6.08. The molecule has 0 aliphatic rings. The highest BCUT2D eigenvalue weighted by atomic mass is 79.9. The van der Waals surface area contributed by atoms with Crippen molar-refractivity contribution in [3.8, 4) is 0 Å². The Kier molecular flexibility index (Phi) is 5.11. The smallest absolute Gasteiger partial charge is 0.311 e. The molecule has 0 fully saturated rings. The van der Waals surface area contributed by atoms with Crippen LogP contribution in [0.5, 0.6) is 0 Å². The lowest BCUT2D eigenvalue weighted by Gasteiger charge is -2.23. The van der Waals surface area contributed by atoms with Crippen molar-refractivity contribution in [2.45, 2.75) is 27.2 Å². The molecule has 19 heavy (non-hydrogen) atoms. The van der Waals surface area contributed by atoms with Gasteiger partial charge in [0.15, 0.2) is 0 Å². The van der Waals surface area contributed by atoms with Crippen LogP contribution in [0.2, 0.25) is 0 Å². The first-order chi connectivity index (χ1) is 8.80. The molecule has 0 aliphatic heterocycles. The number of halogens is 1. The summed E-state index contributed by atoms with van der Waals surface area (Å²) in [5.74, 6) is -1.15. The predicted octanol–water partition coefficient (Wildman–Crippen LogP) is 2.99. The van der Waals surface area contributed by atoms with E-state index in [1.165, 1.54) is 0 Å². The zero-order chi connectivity index (χ0) is 14.6. The average Bonchev–Trinajstić information content (AvgIpc) is 2.38. The van der Waals surface area contributed by atoms with E-state index in [-0.39, 0.29) is 12.5 Å². The summed E-state index contributed by atoms with van der Waals surface area (Å²) in [6.45, 7) is 5.44. The maximum Gasteiger partial charge on any atom is 0.311 e. The minimum atomic E-state index is -0.930. The van der Waals surface area contributed by atoms with Gasteiger partial charge in [-0.25, -0.2) is 0 Å². The minimum Gasteiger partial charge on any atom is -0.481 e. The largest absolute Gasteiger partial charge is 0.481 e. The van der Waals surface area contributed by atoms with Crippen molar-refractivity contribution in [2.75, 3.05) is 6.54 Å². The molecule has 4 nitrogen and oxygen atoms in total. The Bertz CT molecular complexity index is 501. The van der Waals surface area contributed by atoms with Crippen LogP contribution in [0.3, 0.4) is 0 Å². The second kappa shape index (κ2) is 6.19. The number of aryl methyl sites for hydroxylation is 1. The van der Waals surface area contributed by atoms with Crippen molar-refractivity contribution in [3.05, 3.63) is 33.8 Å². The van der Waals surface area contributed by atoms with Crippen LogP contribution in [-0.2, 0) is 4.79 Å². The Balaban J connectivity index is 2.75. The molecule has 0 heterocycles. The van der Waals surface area contributed by atoms with E-state index in [4.69, 9.17) is 5.11 Å². The van der Waals surface area contributed by atoms with E-state index < -0.39 is 11.4 Å². The highest BCUT2D eigenvalue weighted by Crippen LogP contribution is 2.21. The number of carbonyl (C=O) groups is 2. The number of nitrogens with one attached hydrogen (secondary N) is 1. The SMILES string of the molecule is CCC(C)(CNC(=O)c1ccc(Br)c(C)c1)C(=O)O. The molecule has 0 bridgehead atoms. The van der Waals surface area contributed by atoms with Crippen LogP contribution in [0.4, 0.5) is 0 Å². The number of hydrogen-bond donors (Lipinski definition) is 2. The lowest BCUT2D eigenvalue weighted by Crippen LogP contribution is -2.40. The standard InChI is InChI=1S/C14H18BrNO3/c1-4-14(3,13(18)19)8-16-12(17)10-5-6-11(15)9(2)7-10/h5-7H,4,8H2,1-3H3,(H,16,17)(H,18,19). The van der Waals surface area contributed by atoms with Gasteiger partial charge in [-0.05, 0) is 44.0 Å². The van der Waals surface area contributed by atoms with Crippen molar-refractivity contribution in [1.29, 1.82) is 0 Å². The number of carboxylic acids is 1. The van der Waals surface area contributed by atoms with E-state index in [1.54, 1.807) is 32.0 Å². The van der Waals surface area contributed by atoms with Gasteiger partial charge in [0.05, 0.1) is 5.41 Å². The fourth-order valence-electron chi connectivity index (χ4n) is 1.52.